The van der Waals surface area contributed by atoms with E-state index in [9.17, 15) is 14.4 Å². The first-order valence-corrected chi connectivity index (χ1v) is 16.7. The molecular weight excluding hydrogens is 591 g/mol. The summed E-state index contributed by atoms with van der Waals surface area (Å²) >= 11 is 0. The highest BCUT2D eigenvalue weighted by molar-refractivity contribution is 6.62. The molecular formula is C38H47BN2O6. The smallest absolute Gasteiger partial charge is 0.465 e. The molecule has 248 valence electrons. The van der Waals surface area contributed by atoms with Gasteiger partial charge in [0.25, 0.3) is 0 Å². The zero-order chi connectivity index (χ0) is 33.9. The van der Waals surface area contributed by atoms with Crippen LogP contribution < -0.4 is 16.1 Å². The summed E-state index contributed by atoms with van der Waals surface area (Å²) in [6, 6.07) is 23.1. The second-order valence-electron chi connectivity index (χ2n) is 14.1. The SMILES string of the molecule is CC(C)[C@H](CCCC(=O)OCC1c2ccccc2-c2ccccc21)C(=O)N[C@@H](C)C(=O)Nc1ccc(B2OC(C)(C)C(C)(C)O2)cc1. The number of amides is 2. The van der Waals surface area contributed by atoms with Crippen LogP contribution in [0.2, 0.25) is 0 Å². The molecule has 1 saturated heterocycles. The van der Waals surface area contributed by atoms with E-state index in [1.54, 1.807) is 19.1 Å². The second kappa shape index (κ2) is 14.0. The average Bonchev–Trinajstić information content (AvgIpc) is 3.46. The number of rotatable bonds is 12. The van der Waals surface area contributed by atoms with Gasteiger partial charge >= 0.3 is 13.1 Å². The van der Waals surface area contributed by atoms with Gasteiger partial charge in [0.2, 0.25) is 11.8 Å². The quantitative estimate of drug-likeness (QED) is 0.180. The highest BCUT2D eigenvalue weighted by Gasteiger charge is 2.51. The maximum Gasteiger partial charge on any atom is 0.494 e. The first-order valence-electron chi connectivity index (χ1n) is 16.7. The van der Waals surface area contributed by atoms with Crippen molar-refractivity contribution >= 4 is 36.1 Å². The monoisotopic (exact) mass is 638 g/mol. The van der Waals surface area contributed by atoms with Crippen molar-refractivity contribution in [3.63, 3.8) is 0 Å². The van der Waals surface area contributed by atoms with E-state index in [0.717, 1.165) is 5.46 Å². The van der Waals surface area contributed by atoms with E-state index in [2.05, 4.69) is 34.9 Å². The molecule has 0 bridgehead atoms. The molecule has 0 radical (unpaired) electrons. The van der Waals surface area contributed by atoms with E-state index in [4.69, 9.17) is 14.0 Å². The lowest BCUT2D eigenvalue weighted by molar-refractivity contribution is -0.144. The molecule has 1 fully saturated rings. The lowest BCUT2D eigenvalue weighted by Gasteiger charge is -2.32. The predicted octanol–water partition coefficient (Wildman–Crippen LogP) is 6.23. The maximum atomic E-state index is 13.2. The Bertz CT molecular complexity index is 1540. The van der Waals surface area contributed by atoms with Gasteiger partial charge in [0.05, 0.1) is 11.2 Å². The van der Waals surface area contributed by atoms with Crippen LogP contribution in [0.3, 0.4) is 0 Å². The van der Waals surface area contributed by atoms with Crippen LogP contribution >= 0.6 is 0 Å². The summed E-state index contributed by atoms with van der Waals surface area (Å²) in [4.78, 5) is 38.9. The van der Waals surface area contributed by atoms with Gasteiger partial charge in [0.15, 0.2) is 0 Å². The maximum absolute atomic E-state index is 13.2. The Morgan fingerprint density at radius 3 is 1.91 bits per heavy atom. The number of benzene rings is 3. The van der Waals surface area contributed by atoms with Crippen molar-refractivity contribution in [1.82, 2.24) is 5.32 Å². The average molecular weight is 639 g/mol. The molecule has 3 aromatic carbocycles. The summed E-state index contributed by atoms with van der Waals surface area (Å²) in [6.07, 6.45) is 1.26. The van der Waals surface area contributed by atoms with Gasteiger partial charge in [-0.05, 0) is 93.2 Å². The number of fused-ring (bicyclic) bond motifs is 3. The van der Waals surface area contributed by atoms with Crippen molar-refractivity contribution in [3.8, 4) is 11.1 Å². The van der Waals surface area contributed by atoms with E-state index in [1.807, 2.05) is 77.9 Å². The largest absolute Gasteiger partial charge is 0.494 e. The summed E-state index contributed by atoms with van der Waals surface area (Å²) < 4.78 is 18.0. The third-order valence-electron chi connectivity index (χ3n) is 9.87. The first kappa shape index (κ1) is 34.4. The fourth-order valence-electron chi connectivity index (χ4n) is 6.26. The lowest BCUT2D eigenvalue weighted by Crippen LogP contribution is -2.45. The fourth-order valence-corrected chi connectivity index (χ4v) is 6.26. The van der Waals surface area contributed by atoms with E-state index in [1.165, 1.54) is 22.3 Å². The van der Waals surface area contributed by atoms with Crippen LogP contribution in [0.5, 0.6) is 0 Å². The molecule has 1 heterocycles. The molecule has 5 rings (SSSR count). The first-order chi connectivity index (χ1) is 22.3. The number of hydrogen-bond acceptors (Lipinski definition) is 6. The van der Waals surface area contributed by atoms with Gasteiger partial charge in [0.1, 0.15) is 12.6 Å². The Hall–Kier alpha value is -3.95. The topological polar surface area (TPSA) is 103 Å². The number of carbonyl (C=O) groups is 3. The van der Waals surface area contributed by atoms with Crippen LogP contribution in [0, 0.1) is 11.8 Å². The highest BCUT2D eigenvalue weighted by Crippen LogP contribution is 2.44. The molecule has 2 N–H and O–H groups in total. The van der Waals surface area contributed by atoms with Gasteiger partial charge in [-0.1, -0.05) is 74.5 Å². The van der Waals surface area contributed by atoms with Crippen LogP contribution in [-0.4, -0.2) is 48.8 Å². The predicted molar refractivity (Wildman–Crippen MR) is 185 cm³/mol. The Kier molecular flexibility index (Phi) is 10.3. The Labute approximate surface area is 279 Å². The third-order valence-corrected chi connectivity index (χ3v) is 9.87. The van der Waals surface area contributed by atoms with E-state index < -0.39 is 24.4 Å². The van der Waals surface area contributed by atoms with Crippen LogP contribution in [0.1, 0.15) is 84.8 Å². The molecule has 1 aliphatic carbocycles. The molecule has 2 atom stereocenters. The molecule has 3 aromatic rings. The van der Waals surface area contributed by atoms with E-state index >= 15 is 0 Å². The van der Waals surface area contributed by atoms with Gasteiger partial charge < -0.3 is 24.7 Å². The molecule has 1 aliphatic heterocycles. The number of esters is 1. The Morgan fingerprint density at radius 2 is 1.36 bits per heavy atom. The summed E-state index contributed by atoms with van der Waals surface area (Å²) in [6.45, 7) is 13.9. The Morgan fingerprint density at radius 1 is 0.809 bits per heavy atom. The molecule has 0 saturated carbocycles. The normalized spacial score (nSPS) is 17.5. The van der Waals surface area contributed by atoms with Gasteiger partial charge in [-0.25, -0.2) is 0 Å². The molecule has 9 heteroatoms. The van der Waals surface area contributed by atoms with E-state index in [-0.39, 0.29) is 48.6 Å². The minimum atomic E-state index is -0.742. The molecule has 0 unspecified atom stereocenters. The van der Waals surface area contributed by atoms with Crippen molar-refractivity contribution in [2.45, 2.75) is 90.9 Å². The summed E-state index contributed by atoms with van der Waals surface area (Å²) in [5.41, 5.74) is 5.32. The van der Waals surface area contributed by atoms with Crippen molar-refractivity contribution < 1.29 is 28.4 Å². The summed E-state index contributed by atoms with van der Waals surface area (Å²) in [5, 5.41) is 5.74. The third kappa shape index (κ3) is 7.63. The minimum Gasteiger partial charge on any atom is -0.465 e. The van der Waals surface area contributed by atoms with Crippen LogP contribution in [0.4, 0.5) is 5.69 Å². The molecule has 2 aliphatic rings. The minimum absolute atomic E-state index is 0.0151. The molecule has 47 heavy (non-hydrogen) atoms. The van der Waals surface area contributed by atoms with Crippen LogP contribution in [0.15, 0.2) is 72.8 Å². The molecule has 8 nitrogen and oxygen atoms in total. The number of ether oxygens (including phenoxy) is 1. The number of carbonyl (C=O) groups excluding carboxylic acids is 3. The number of anilines is 1. The van der Waals surface area contributed by atoms with Gasteiger partial charge in [-0.15, -0.1) is 0 Å². The zero-order valence-electron chi connectivity index (χ0n) is 28.6. The van der Waals surface area contributed by atoms with Gasteiger partial charge in [-0.3, -0.25) is 14.4 Å². The van der Waals surface area contributed by atoms with Crippen molar-refractivity contribution in [2.24, 2.45) is 11.8 Å². The number of hydrogen-bond donors (Lipinski definition) is 2. The van der Waals surface area contributed by atoms with Gasteiger partial charge in [0, 0.05) is 23.9 Å². The Balaban J connectivity index is 1.07. The highest BCUT2D eigenvalue weighted by atomic mass is 16.7. The number of nitrogens with one attached hydrogen (secondary N) is 2. The molecule has 0 spiro atoms. The summed E-state index contributed by atoms with van der Waals surface area (Å²) in [5.74, 6) is -1.08. The van der Waals surface area contributed by atoms with Crippen molar-refractivity contribution in [3.05, 3.63) is 83.9 Å². The van der Waals surface area contributed by atoms with Crippen molar-refractivity contribution in [2.75, 3.05) is 11.9 Å². The zero-order valence-corrected chi connectivity index (χ0v) is 28.6. The fraction of sp³-hybridized carbons (Fsp3) is 0.447. The summed E-state index contributed by atoms with van der Waals surface area (Å²) in [7, 11) is -0.486. The molecule has 2 amide bonds. The van der Waals surface area contributed by atoms with Crippen molar-refractivity contribution in [1.29, 1.82) is 0 Å². The molecule has 0 aromatic heterocycles. The van der Waals surface area contributed by atoms with Gasteiger partial charge in [-0.2, -0.15) is 0 Å². The second-order valence-corrected chi connectivity index (χ2v) is 14.1. The lowest BCUT2D eigenvalue weighted by atomic mass is 9.79. The standard InChI is InChI=1S/C38H47BN2O6/c1-24(2)28(17-12-18-34(42)45-23-33-31-15-10-8-13-29(31)30-14-9-11-16-32(30)33)36(44)40-25(3)35(43)41-27-21-19-26(20-22-27)39-46-37(4,5)38(6,7)47-39/h8-11,13-16,19-22,24-25,28,33H,12,17-18,23H2,1-7H3,(H,40,44)(H,41,43)/t25-,28-/m0/s1. The van der Waals surface area contributed by atoms with Crippen LogP contribution in [0.25, 0.3) is 11.1 Å². The van der Waals surface area contributed by atoms with Crippen LogP contribution in [-0.2, 0) is 28.4 Å². The van der Waals surface area contributed by atoms with E-state index in [0.29, 0.717) is 18.5 Å².